The van der Waals surface area contributed by atoms with Gasteiger partial charge in [-0.25, -0.2) is 9.59 Å². The number of carbonyl (C=O) groups is 2. The van der Waals surface area contributed by atoms with Crippen LogP contribution in [0.1, 0.15) is 182 Å². The van der Waals surface area contributed by atoms with Gasteiger partial charge in [-0.2, -0.15) is 0 Å². The summed E-state index contributed by atoms with van der Waals surface area (Å²) in [5, 5.41) is 0. The lowest BCUT2D eigenvalue weighted by atomic mass is 9.96. The van der Waals surface area contributed by atoms with Gasteiger partial charge in [-0.1, -0.05) is 143 Å². The standard InChI is InChI=1S/C34H64O4/c1-5-9-13-17-20-24-28-32(34(36)38-30-26-22-19-15-11-7-3)31(27-23-16-12-8-4)33(35)37-29-25-21-18-14-10-6-2/h5-30H2,1-4H3. The van der Waals surface area contributed by atoms with Crippen molar-refractivity contribution in [2.75, 3.05) is 13.2 Å². The smallest absolute Gasteiger partial charge is 0.334 e. The molecule has 0 fully saturated rings. The summed E-state index contributed by atoms with van der Waals surface area (Å²) in [5.41, 5.74) is 1.18. The van der Waals surface area contributed by atoms with Crippen molar-refractivity contribution in [1.29, 1.82) is 0 Å². The molecule has 0 bridgehead atoms. The minimum Gasteiger partial charge on any atom is -0.462 e. The van der Waals surface area contributed by atoms with Crippen LogP contribution in [0.4, 0.5) is 0 Å². The van der Waals surface area contributed by atoms with Crippen molar-refractivity contribution in [3.63, 3.8) is 0 Å². The normalized spacial score (nSPS) is 11.9. The van der Waals surface area contributed by atoms with Gasteiger partial charge < -0.3 is 9.47 Å². The summed E-state index contributed by atoms with van der Waals surface area (Å²) in [4.78, 5) is 26.5. The first-order valence-corrected chi connectivity index (χ1v) is 16.7. The van der Waals surface area contributed by atoms with Crippen LogP contribution in [0.3, 0.4) is 0 Å². The van der Waals surface area contributed by atoms with Crippen LogP contribution in [0.5, 0.6) is 0 Å². The number of esters is 2. The van der Waals surface area contributed by atoms with Crippen molar-refractivity contribution in [3.05, 3.63) is 11.1 Å². The van der Waals surface area contributed by atoms with Crippen LogP contribution >= 0.6 is 0 Å². The molecule has 0 rings (SSSR count). The van der Waals surface area contributed by atoms with Gasteiger partial charge in [0.05, 0.1) is 13.2 Å². The Morgan fingerprint density at radius 3 is 0.974 bits per heavy atom. The number of hydrogen-bond acceptors (Lipinski definition) is 4. The van der Waals surface area contributed by atoms with E-state index in [1.807, 2.05) is 0 Å². The maximum Gasteiger partial charge on any atom is 0.334 e. The highest BCUT2D eigenvalue weighted by Gasteiger charge is 2.23. The Balaban J connectivity index is 5.22. The highest BCUT2D eigenvalue weighted by molar-refractivity contribution is 6.00. The molecule has 224 valence electrons. The van der Waals surface area contributed by atoms with Gasteiger partial charge in [-0.05, 0) is 38.5 Å². The molecule has 4 heteroatoms. The molecule has 0 unspecified atom stereocenters. The van der Waals surface area contributed by atoms with Gasteiger partial charge >= 0.3 is 11.9 Å². The van der Waals surface area contributed by atoms with Gasteiger partial charge in [-0.3, -0.25) is 0 Å². The van der Waals surface area contributed by atoms with Gasteiger partial charge in [0.25, 0.3) is 0 Å². The van der Waals surface area contributed by atoms with Crippen molar-refractivity contribution in [2.24, 2.45) is 0 Å². The number of carbonyl (C=O) groups excluding carboxylic acids is 2. The molecular formula is C34H64O4. The molecule has 0 saturated carbocycles. The van der Waals surface area contributed by atoms with Crippen LogP contribution < -0.4 is 0 Å². The zero-order chi connectivity index (χ0) is 28.1. The first kappa shape index (κ1) is 36.7. The van der Waals surface area contributed by atoms with Crippen LogP contribution in [-0.4, -0.2) is 25.2 Å². The molecule has 0 spiro atoms. The predicted octanol–water partition coefficient (Wildman–Crippen LogP) is 10.8. The number of unbranched alkanes of at least 4 members (excludes halogenated alkanes) is 18. The predicted molar refractivity (Wildman–Crippen MR) is 162 cm³/mol. The maximum absolute atomic E-state index is 13.3. The minimum absolute atomic E-state index is 0.283. The fourth-order valence-electron chi connectivity index (χ4n) is 4.83. The zero-order valence-electron chi connectivity index (χ0n) is 26.0. The summed E-state index contributed by atoms with van der Waals surface area (Å²) >= 11 is 0. The molecule has 0 aliphatic heterocycles. The van der Waals surface area contributed by atoms with Gasteiger partial charge in [-0.15, -0.1) is 0 Å². The molecule has 0 aliphatic rings. The molecule has 0 saturated heterocycles. The van der Waals surface area contributed by atoms with E-state index in [0.29, 0.717) is 37.2 Å². The van der Waals surface area contributed by atoms with E-state index in [1.165, 1.54) is 77.0 Å². The van der Waals surface area contributed by atoms with Crippen LogP contribution in [-0.2, 0) is 19.1 Å². The Kier molecular flexibility index (Phi) is 27.7. The molecular weight excluding hydrogens is 472 g/mol. The fourth-order valence-corrected chi connectivity index (χ4v) is 4.83. The molecule has 0 amide bonds. The molecule has 0 heterocycles. The van der Waals surface area contributed by atoms with Gasteiger partial charge in [0.2, 0.25) is 0 Å². The molecule has 0 N–H and O–H groups in total. The van der Waals surface area contributed by atoms with Gasteiger partial charge in [0.15, 0.2) is 0 Å². The van der Waals surface area contributed by atoms with E-state index in [1.54, 1.807) is 0 Å². The third-order valence-corrected chi connectivity index (χ3v) is 7.38. The quantitative estimate of drug-likeness (QED) is 0.0567. The first-order chi connectivity index (χ1) is 18.6. The third-order valence-electron chi connectivity index (χ3n) is 7.38. The summed E-state index contributed by atoms with van der Waals surface area (Å²) in [5.74, 6) is -0.568. The lowest BCUT2D eigenvalue weighted by Crippen LogP contribution is -2.18. The van der Waals surface area contributed by atoms with E-state index in [9.17, 15) is 9.59 Å². The highest BCUT2D eigenvalue weighted by Crippen LogP contribution is 2.23. The molecule has 0 atom stereocenters. The van der Waals surface area contributed by atoms with Crippen molar-refractivity contribution >= 4 is 11.9 Å². The zero-order valence-corrected chi connectivity index (χ0v) is 26.0. The second kappa shape index (κ2) is 28.7. The minimum atomic E-state index is -0.285. The Morgan fingerprint density at radius 2 is 0.632 bits per heavy atom. The summed E-state index contributed by atoms with van der Waals surface area (Å²) in [6.07, 6.45) is 26.3. The lowest BCUT2D eigenvalue weighted by molar-refractivity contribution is -0.142. The van der Waals surface area contributed by atoms with Crippen molar-refractivity contribution in [2.45, 2.75) is 182 Å². The van der Waals surface area contributed by atoms with Crippen LogP contribution in [0.25, 0.3) is 0 Å². The molecule has 0 radical (unpaired) electrons. The van der Waals surface area contributed by atoms with E-state index >= 15 is 0 Å². The average Bonchev–Trinajstić information content (AvgIpc) is 2.92. The second-order valence-electron chi connectivity index (χ2n) is 11.1. The van der Waals surface area contributed by atoms with Crippen molar-refractivity contribution < 1.29 is 19.1 Å². The monoisotopic (exact) mass is 536 g/mol. The number of ether oxygens (including phenoxy) is 2. The second-order valence-corrected chi connectivity index (χ2v) is 11.1. The summed E-state index contributed by atoms with van der Waals surface area (Å²) in [7, 11) is 0. The molecule has 0 aromatic carbocycles. The van der Waals surface area contributed by atoms with Gasteiger partial charge in [0, 0.05) is 11.1 Å². The first-order valence-electron chi connectivity index (χ1n) is 16.7. The molecule has 38 heavy (non-hydrogen) atoms. The molecule has 0 aromatic heterocycles. The van der Waals surface area contributed by atoms with Crippen LogP contribution in [0.15, 0.2) is 11.1 Å². The Hall–Kier alpha value is -1.32. The Morgan fingerprint density at radius 1 is 0.368 bits per heavy atom. The number of rotatable bonds is 28. The summed E-state index contributed by atoms with van der Waals surface area (Å²) < 4.78 is 11.5. The SMILES string of the molecule is CCCCCCCCOC(=O)C(CCCCCC)=C(CCCCCCCC)C(=O)OCCCCCCCC. The largest absolute Gasteiger partial charge is 0.462 e. The number of hydrogen-bond donors (Lipinski definition) is 0. The highest BCUT2D eigenvalue weighted by atomic mass is 16.5. The van der Waals surface area contributed by atoms with E-state index in [4.69, 9.17) is 9.47 Å². The summed E-state index contributed by atoms with van der Waals surface area (Å²) in [6.45, 7) is 9.74. The molecule has 0 aliphatic carbocycles. The van der Waals surface area contributed by atoms with Crippen LogP contribution in [0.2, 0.25) is 0 Å². The molecule has 0 aromatic rings. The molecule has 4 nitrogen and oxygen atoms in total. The lowest BCUT2D eigenvalue weighted by Gasteiger charge is -2.15. The van der Waals surface area contributed by atoms with E-state index in [2.05, 4.69) is 27.7 Å². The van der Waals surface area contributed by atoms with Crippen LogP contribution in [0, 0.1) is 0 Å². The maximum atomic E-state index is 13.3. The van der Waals surface area contributed by atoms with Crippen molar-refractivity contribution in [3.8, 4) is 0 Å². The topological polar surface area (TPSA) is 52.6 Å². The Labute approximate surface area is 237 Å². The van der Waals surface area contributed by atoms with Crippen molar-refractivity contribution in [1.82, 2.24) is 0 Å². The van der Waals surface area contributed by atoms with Gasteiger partial charge in [0.1, 0.15) is 0 Å². The third kappa shape index (κ3) is 21.6. The average molecular weight is 537 g/mol. The Bertz CT molecular complexity index is 581. The van der Waals surface area contributed by atoms with E-state index in [0.717, 1.165) is 64.2 Å². The fraction of sp³-hybridized carbons (Fsp3) is 0.882. The summed E-state index contributed by atoms with van der Waals surface area (Å²) in [6, 6.07) is 0. The van der Waals surface area contributed by atoms with E-state index < -0.39 is 0 Å². The van der Waals surface area contributed by atoms with E-state index in [-0.39, 0.29) is 11.9 Å².